The standard InChI is InChI=1S/C42H48ClF3N8O6/c1-24-17-34(54(22-24)40(56)37(51-41(57)58-4)28-11-15-59-16-12-28)38-48-21-33(49-38)27-7-5-26(6-8-27)30-18-31(43)32(19-35(30)60-42(44,45)46)50-39(55)29-9-10-36(47-20-29)53-14-13-52(3)23-25(53)2/h5-10,18-21,24-25,28,34,37H,11-17,22-23H2,1-4H3,(H,48,49)(H,50,55)(H,51,57)/t24-,25+,34-,37-/m0/s1. The third-order valence-corrected chi connectivity index (χ3v) is 11.7. The number of aromatic amines is 1. The molecule has 0 spiro atoms. The Kier molecular flexibility index (Phi) is 12.9. The highest BCUT2D eigenvalue weighted by molar-refractivity contribution is 6.34. The highest BCUT2D eigenvalue weighted by Crippen LogP contribution is 2.41. The van der Waals surface area contributed by atoms with Crippen molar-refractivity contribution in [1.29, 1.82) is 0 Å². The van der Waals surface area contributed by atoms with Crippen molar-refractivity contribution in [3.05, 3.63) is 77.3 Å². The second-order valence-corrected chi connectivity index (χ2v) is 16.1. The molecule has 0 radical (unpaired) electrons. The van der Waals surface area contributed by atoms with E-state index in [1.165, 1.54) is 19.4 Å². The minimum Gasteiger partial charge on any atom is -0.453 e. The first-order chi connectivity index (χ1) is 28.7. The number of likely N-dealkylation sites (N-methyl/N-ethyl adjacent to an activating group) is 1. The number of rotatable bonds is 10. The van der Waals surface area contributed by atoms with Gasteiger partial charge in [0.1, 0.15) is 23.4 Å². The number of H-pyrrole nitrogens is 1. The van der Waals surface area contributed by atoms with Gasteiger partial charge in [0.2, 0.25) is 5.91 Å². The monoisotopic (exact) mass is 852 g/mol. The summed E-state index contributed by atoms with van der Waals surface area (Å²) in [5.74, 6) is -0.0344. The Hall–Kier alpha value is -5.39. The molecule has 4 aromatic rings. The van der Waals surface area contributed by atoms with E-state index in [0.29, 0.717) is 61.7 Å². The molecule has 3 amide bonds. The average Bonchev–Trinajstić information content (AvgIpc) is 3.88. The van der Waals surface area contributed by atoms with Crippen molar-refractivity contribution < 1.29 is 41.8 Å². The van der Waals surface area contributed by atoms with Gasteiger partial charge in [-0.3, -0.25) is 9.59 Å². The van der Waals surface area contributed by atoms with E-state index in [4.69, 9.17) is 21.1 Å². The summed E-state index contributed by atoms with van der Waals surface area (Å²) in [6.07, 6.45) is -0.764. The fraction of sp³-hybridized carbons (Fsp3) is 0.452. The number of amides is 3. The lowest BCUT2D eigenvalue weighted by molar-refractivity contribution is -0.274. The number of alkyl halides is 3. The average molecular weight is 853 g/mol. The first kappa shape index (κ1) is 42.7. The number of pyridine rings is 1. The van der Waals surface area contributed by atoms with Crippen LogP contribution >= 0.6 is 11.6 Å². The van der Waals surface area contributed by atoms with Crippen LogP contribution in [0.4, 0.5) is 29.5 Å². The number of hydrogen-bond acceptors (Lipinski definition) is 10. The van der Waals surface area contributed by atoms with Crippen molar-refractivity contribution in [2.45, 2.75) is 57.6 Å². The molecule has 14 nitrogen and oxygen atoms in total. The lowest BCUT2D eigenvalue weighted by atomic mass is 9.90. The van der Waals surface area contributed by atoms with E-state index < -0.39 is 30.2 Å². The topological polar surface area (TPSA) is 154 Å². The molecule has 7 rings (SSSR count). The lowest BCUT2D eigenvalue weighted by Crippen LogP contribution is -2.53. The van der Waals surface area contributed by atoms with Gasteiger partial charge in [-0.25, -0.2) is 14.8 Å². The van der Waals surface area contributed by atoms with Crippen LogP contribution < -0.4 is 20.3 Å². The molecular weight excluding hydrogens is 805 g/mol. The maximum atomic E-state index is 14.1. The zero-order valence-electron chi connectivity index (χ0n) is 33.7. The number of likely N-dealkylation sites (tertiary alicyclic amines) is 1. The number of benzene rings is 2. The minimum absolute atomic E-state index is 0.00302. The van der Waals surface area contributed by atoms with Gasteiger partial charge >= 0.3 is 12.5 Å². The van der Waals surface area contributed by atoms with Crippen molar-refractivity contribution in [3.63, 3.8) is 0 Å². The van der Waals surface area contributed by atoms with Gasteiger partial charge in [-0.05, 0) is 74.4 Å². The molecule has 4 atom stereocenters. The molecule has 0 unspecified atom stereocenters. The maximum Gasteiger partial charge on any atom is 0.573 e. The summed E-state index contributed by atoms with van der Waals surface area (Å²) in [7, 11) is 3.32. The lowest BCUT2D eigenvalue weighted by Gasteiger charge is -2.39. The molecule has 3 saturated heterocycles. The first-order valence-electron chi connectivity index (χ1n) is 19.9. The van der Waals surface area contributed by atoms with Gasteiger partial charge in [0, 0.05) is 63.3 Å². The number of nitrogens with zero attached hydrogens (tertiary/aromatic N) is 5. The molecule has 0 bridgehead atoms. The number of aromatic nitrogens is 3. The number of alkyl carbamates (subject to hydrolysis) is 1. The van der Waals surface area contributed by atoms with E-state index >= 15 is 0 Å². The summed E-state index contributed by atoms with van der Waals surface area (Å²) in [4.78, 5) is 58.2. The Labute approximate surface area is 350 Å². The van der Waals surface area contributed by atoms with E-state index in [-0.39, 0.29) is 51.7 Å². The van der Waals surface area contributed by atoms with E-state index in [2.05, 4.69) is 61.0 Å². The zero-order chi connectivity index (χ0) is 42.7. The van der Waals surface area contributed by atoms with Crippen molar-refractivity contribution in [1.82, 2.24) is 30.1 Å². The molecule has 2 aromatic heterocycles. The fourth-order valence-electron chi connectivity index (χ4n) is 8.27. The molecule has 0 aliphatic carbocycles. The predicted molar refractivity (Wildman–Crippen MR) is 219 cm³/mol. The quantitative estimate of drug-likeness (QED) is 0.150. The first-order valence-corrected chi connectivity index (χ1v) is 20.3. The molecule has 60 heavy (non-hydrogen) atoms. The zero-order valence-corrected chi connectivity index (χ0v) is 34.5. The highest BCUT2D eigenvalue weighted by atomic mass is 35.5. The predicted octanol–water partition coefficient (Wildman–Crippen LogP) is 7.14. The fourth-order valence-corrected chi connectivity index (χ4v) is 8.49. The third kappa shape index (κ3) is 9.79. The largest absolute Gasteiger partial charge is 0.573 e. The summed E-state index contributed by atoms with van der Waals surface area (Å²) in [6.45, 7) is 8.15. The molecule has 3 N–H and O–H groups in total. The van der Waals surface area contributed by atoms with Gasteiger partial charge in [-0.2, -0.15) is 0 Å². The number of hydrogen-bond donors (Lipinski definition) is 3. The van der Waals surface area contributed by atoms with Crippen LogP contribution in [0.1, 0.15) is 55.3 Å². The smallest absolute Gasteiger partial charge is 0.453 e. The summed E-state index contributed by atoms with van der Waals surface area (Å²) in [5.41, 5.74) is 1.86. The number of carbonyl (C=O) groups excluding carboxylic acids is 3. The number of ether oxygens (including phenoxy) is 3. The van der Waals surface area contributed by atoms with Crippen molar-refractivity contribution in [2.24, 2.45) is 11.8 Å². The molecule has 3 aliphatic heterocycles. The molecule has 3 aliphatic rings. The van der Waals surface area contributed by atoms with Crippen LogP contribution in [0, 0.1) is 11.8 Å². The molecule has 320 valence electrons. The van der Waals surface area contributed by atoms with Crippen LogP contribution in [0.15, 0.2) is 60.9 Å². The SMILES string of the molecule is COC(=O)N[C@H](C(=O)N1C[C@@H](C)C[C@H]1c1ncc(-c2ccc(-c3cc(Cl)c(NC(=O)c4ccc(N5CCN(C)C[C@H]5C)nc4)cc3OC(F)(F)F)cc2)[nH]1)C1CCOCC1. The Morgan fingerprint density at radius 3 is 2.38 bits per heavy atom. The Morgan fingerprint density at radius 2 is 1.72 bits per heavy atom. The maximum absolute atomic E-state index is 14.1. The van der Waals surface area contributed by atoms with Gasteiger partial charge in [0.05, 0.1) is 41.3 Å². The molecule has 18 heteroatoms. The van der Waals surface area contributed by atoms with Crippen LogP contribution in [0.25, 0.3) is 22.4 Å². The second kappa shape index (κ2) is 18.1. The molecule has 5 heterocycles. The number of carbonyl (C=O) groups is 3. The number of methoxy groups -OCH3 is 1. The van der Waals surface area contributed by atoms with Crippen LogP contribution in [0.3, 0.4) is 0 Å². The number of imidazole rings is 1. The van der Waals surface area contributed by atoms with Crippen molar-refractivity contribution in [2.75, 3.05) is 63.8 Å². The summed E-state index contributed by atoms with van der Waals surface area (Å²) >= 11 is 6.59. The third-order valence-electron chi connectivity index (χ3n) is 11.4. The molecule has 0 saturated carbocycles. The Bertz CT molecular complexity index is 2170. The van der Waals surface area contributed by atoms with Crippen LogP contribution in [0.5, 0.6) is 5.75 Å². The number of nitrogens with one attached hydrogen (secondary N) is 3. The minimum atomic E-state index is -5.04. The summed E-state index contributed by atoms with van der Waals surface area (Å²) in [5, 5.41) is 5.36. The van der Waals surface area contributed by atoms with Crippen LogP contribution in [-0.4, -0.2) is 115 Å². The number of halogens is 4. The van der Waals surface area contributed by atoms with Gasteiger partial charge in [-0.1, -0.05) is 42.8 Å². The van der Waals surface area contributed by atoms with Gasteiger partial charge in [0.25, 0.3) is 5.91 Å². The van der Waals surface area contributed by atoms with Gasteiger partial charge in [0.15, 0.2) is 0 Å². The van der Waals surface area contributed by atoms with Gasteiger partial charge in [-0.15, -0.1) is 13.2 Å². The highest BCUT2D eigenvalue weighted by Gasteiger charge is 2.42. The molecule has 3 fully saturated rings. The summed E-state index contributed by atoms with van der Waals surface area (Å²) < 4.78 is 56.0. The molecule has 2 aromatic carbocycles. The van der Waals surface area contributed by atoms with E-state index in [1.807, 2.05) is 0 Å². The Morgan fingerprint density at radius 1 is 0.983 bits per heavy atom. The van der Waals surface area contributed by atoms with Crippen LogP contribution in [-0.2, 0) is 14.3 Å². The van der Waals surface area contributed by atoms with Crippen molar-refractivity contribution in [3.8, 4) is 28.1 Å². The van der Waals surface area contributed by atoms with E-state index in [9.17, 15) is 27.6 Å². The van der Waals surface area contributed by atoms with E-state index in [0.717, 1.165) is 31.5 Å². The Balaban J connectivity index is 1.08. The van der Waals surface area contributed by atoms with Crippen LogP contribution in [0.2, 0.25) is 5.02 Å². The number of anilines is 2. The van der Waals surface area contributed by atoms with Gasteiger partial charge < -0.3 is 44.5 Å². The number of piperazine rings is 1. The normalized spacial score (nSPS) is 20.8. The second-order valence-electron chi connectivity index (χ2n) is 15.7. The molecular formula is C42H48ClF3N8O6. The summed E-state index contributed by atoms with van der Waals surface area (Å²) in [6, 6.07) is 11.5. The van der Waals surface area contributed by atoms with E-state index in [1.54, 1.807) is 47.5 Å². The van der Waals surface area contributed by atoms with Crippen molar-refractivity contribution >= 4 is 41.0 Å².